The van der Waals surface area contributed by atoms with Gasteiger partial charge in [-0.15, -0.1) is 11.3 Å². The normalized spacial score (nSPS) is 10.6. The number of nitrogens with zero attached hydrogens (tertiary/aromatic N) is 2. The number of nitrogens with two attached hydrogens (primary N) is 1. The Bertz CT molecular complexity index is 508. The summed E-state index contributed by atoms with van der Waals surface area (Å²) in [5.41, 5.74) is 6.83. The number of aryl methyl sites for hydroxylation is 1. The molecule has 0 unspecified atom stereocenters. The second-order valence-corrected chi connectivity index (χ2v) is 5.21. The number of aromatic nitrogens is 2. The van der Waals surface area contributed by atoms with Crippen LogP contribution < -0.4 is 11.1 Å². The molecule has 0 aliphatic rings. The Labute approximate surface area is 111 Å². The van der Waals surface area contributed by atoms with Gasteiger partial charge in [-0.2, -0.15) is 0 Å². The average Bonchev–Trinajstić information content (AvgIpc) is 2.85. The largest absolute Gasteiger partial charge is 0.383 e. The third kappa shape index (κ3) is 2.98. The zero-order chi connectivity index (χ0) is 13.0. The van der Waals surface area contributed by atoms with Gasteiger partial charge in [-0.1, -0.05) is 13.0 Å². The van der Waals surface area contributed by atoms with Crippen LogP contribution >= 0.6 is 11.3 Å². The van der Waals surface area contributed by atoms with Crippen molar-refractivity contribution >= 4 is 23.0 Å². The number of anilines is 2. The van der Waals surface area contributed by atoms with Crippen LogP contribution in [-0.2, 0) is 13.0 Å². The topological polar surface area (TPSA) is 63.8 Å². The Balaban J connectivity index is 2.15. The number of hydrogen-bond acceptors (Lipinski definition) is 5. The van der Waals surface area contributed by atoms with Gasteiger partial charge in [-0.25, -0.2) is 9.97 Å². The third-order valence-corrected chi connectivity index (χ3v) is 3.59. The first-order chi connectivity index (χ1) is 8.70. The maximum atomic E-state index is 5.91. The van der Waals surface area contributed by atoms with E-state index in [4.69, 9.17) is 5.73 Å². The number of nitrogens with one attached hydrogen (secondary N) is 1. The lowest BCUT2D eigenvalue weighted by Crippen LogP contribution is -2.09. The molecule has 0 radical (unpaired) electrons. The second kappa shape index (κ2) is 5.82. The van der Waals surface area contributed by atoms with Gasteiger partial charge in [0.05, 0.1) is 6.54 Å². The number of thiophene rings is 1. The van der Waals surface area contributed by atoms with Gasteiger partial charge in [0, 0.05) is 16.9 Å². The van der Waals surface area contributed by atoms with Gasteiger partial charge in [0.25, 0.3) is 0 Å². The van der Waals surface area contributed by atoms with Crippen molar-refractivity contribution < 1.29 is 0 Å². The van der Waals surface area contributed by atoms with Crippen LogP contribution in [0.1, 0.15) is 29.6 Å². The molecule has 5 heteroatoms. The Morgan fingerprint density at radius 3 is 2.89 bits per heavy atom. The zero-order valence-electron chi connectivity index (χ0n) is 10.7. The molecule has 2 aromatic rings. The van der Waals surface area contributed by atoms with Crippen molar-refractivity contribution in [2.75, 3.05) is 11.1 Å². The van der Waals surface area contributed by atoms with Gasteiger partial charge in [-0.3, -0.25) is 0 Å². The Morgan fingerprint density at radius 2 is 2.22 bits per heavy atom. The molecule has 0 aromatic carbocycles. The summed E-state index contributed by atoms with van der Waals surface area (Å²) in [4.78, 5) is 10.1. The van der Waals surface area contributed by atoms with Crippen molar-refractivity contribution in [2.45, 2.75) is 33.2 Å². The predicted molar refractivity (Wildman–Crippen MR) is 76.8 cm³/mol. The van der Waals surface area contributed by atoms with Crippen LogP contribution in [0.25, 0.3) is 0 Å². The molecule has 96 valence electrons. The highest BCUT2D eigenvalue weighted by atomic mass is 32.1. The Kier molecular flexibility index (Phi) is 4.15. The first kappa shape index (κ1) is 12.8. The quantitative estimate of drug-likeness (QED) is 0.869. The Hall–Kier alpha value is -1.62. The van der Waals surface area contributed by atoms with Gasteiger partial charge >= 0.3 is 0 Å². The first-order valence-electron chi connectivity index (χ1n) is 6.10. The van der Waals surface area contributed by atoms with E-state index >= 15 is 0 Å². The van der Waals surface area contributed by atoms with Crippen molar-refractivity contribution in [3.63, 3.8) is 0 Å². The summed E-state index contributed by atoms with van der Waals surface area (Å²) < 4.78 is 0. The fraction of sp³-hybridized carbons (Fsp3) is 0.385. The van der Waals surface area contributed by atoms with Crippen LogP contribution in [0.5, 0.6) is 0 Å². The van der Waals surface area contributed by atoms with E-state index in [1.165, 1.54) is 4.88 Å². The molecule has 0 atom stereocenters. The van der Waals surface area contributed by atoms with E-state index in [-0.39, 0.29) is 0 Å². The fourth-order valence-corrected chi connectivity index (χ4v) is 2.32. The molecule has 0 spiro atoms. The van der Waals surface area contributed by atoms with Crippen LogP contribution in [0.2, 0.25) is 0 Å². The minimum absolute atomic E-state index is 0.571. The molecule has 0 amide bonds. The fourth-order valence-electron chi connectivity index (χ4n) is 1.67. The smallest absolute Gasteiger partial charge is 0.135 e. The second-order valence-electron chi connectivity index (χ2n) is 4.18. The number of nitrogen functional groups attached to an aromatic ring is 1. The first-order valence-corrected chi connectivity index (χ1v) is 6.98. The minimum atomic E-state index is 0.571. The van der Waals surface area contributed by atoms with E-state index in [1.54, 1.807) is 11.3 Å². The molecule has 0 aliphatic heterocycles. The van der Waals surface area contributed by atoms with Gasteiger partial charge in [-0.05, 0) is 24.8 Å². The van der Waals surface area contributed by atoms with Crippen molar-refractivity contribution in [2.24, 2.45) is 0 Å². The molecule has 0 bridgehead atoms. The maximum Gasteiger partial charge on any atom is 0.135 e. The highest BCUT2D eigenvalue weighted by Gasteiger charge is 2.08. The summed E-state index contributed by atoms with van der Waals surface area (Å²) in [5, 5.41) is 5.40. The molecule has 4 nitrogen and oxygen atoms in total. The summed E-state index contributed by atoms with van der Waals surface area (Å²) in [7, 11) is 0. The summed E-state index contributed by atoms with van der Waals surface area (Å²) >= 11 is 1.73. The summed E-state index contributed by atoms with van der Waals surface area (Å²) in [6, 6.07) is 4.15. The third-order valence-electron chi connectivity index (χ3n) is 2.71. The summed E-state index contributed by atoms with van der Waals surface area (Å²) in [6.07, 6.45) is 1.88. The maximum absolute atomic E-state index is 5.91. The molecule has 0 fully saturated rings. The summed E-state index contributed by atoms with van der Waals surface area (Å²) in [6.45, 7) is 4.83. The standard InChI is InChI=1S/C13H18N4S/c1-3-5-11-16-12(14)9(2)13(17-11)15-8-10-6-4-7-18-10/h4,6-7H,3,5,8H2,1-2H3,(H3,14,15,16,17). The van der Waals surface area contributed by atoms with Crippen LogP contribution in [0, 0.1) is 6.92 Å². The lowest BCUT2D eigenvalue weighted by Gasteiger charge is -2.11. The molecule has 2 aromatic heterocycles. The van der Waals surface area contributed by atoms with Crippen LogP contribution in [0.3, 0.4) is 0 Å². The van der Waals surface area contributed by atoms with E-state index in [2.05, 4.69) is 33.7 Å². The molecule has 0 saturated heterocycles. The molecule has 0 saturated carbocycles. The lowest BCUT2D eigenvalue weighted by atomic mass is 10.2. The summed E-state index contributed by atoms with van der Waals surface area (Å²) in [5.74, 6) is 2.23. The number of hydrogen-bond donors (Lipinski definition) is 2. The minimum Gasteiger partial charge on any atom is -0.383 e. The molecule has 18 heavy (non-hydrogen) atoms. The van der Waals surface area contributed by atoms with Gasteiger partial charge in [0.15, 0.2) is 0 Å². The van der Waals surface area contributed by atoms with Crippen molar-refractivity contribution in [3.05, 3.63) is 33.8 Å². The molecular weight excluding hydrogens is 244 g/mol. The lowest BCUT2D eigenvalue weighted by molar-refractivity contribution is 0.833. The highest BCUT2D eigenvalue weighted by molar-refractivity contribution is 7.09. The molecule has 2 rings (SSSR count). The van der Waals surface area contributed by atoms with E-state index in [0.29, 0.717) is 5.82 Å². The van der Waals surface area contributed by atoms with E-state index in [0.717, 1.165) is 36.6 Å². The van der Waals surface area contributed by atoms with Crippen molar-refractivity contribution in [3.8, 4) is 0 Å². The number of rotatable bonds is 5. The van der Waals surface area contributed by atoms with Gasteiger partial charge < -0.3 is 11.1 Å². The zero-order valence-corrected chi connectivity index (χ0v) is 11.5. The molecule has 2 heterocycles. The van der Waals surface area contributed by atoms with E-state index < -0.39 is 0 Å². The molecule has 0 aliphatic carbocycles. The van der Waals surface area contributed by atoms with Crippen LogP contribution in [0.4, 0.5) is 11.6 Å². The Morgan fingerprint density at radius 1 is 1.39 bits per heavy atom. The van der Waals surface area contributed by atoms with Crippen LogP contribution in [0.15, 0.2) is 17.5 Å². The monoisotopic (exact) mass is 262 g/mol. The van der Waals surface area contributed by atoms with Crippen molar-refractivity contribution in [1.29, 1.82) is 0 Å². The predicted octanol–water partition coefficient (Wildman–Crippen LogP) is 2.99. The van der Waals surface area contributed by atoms with Gasteiger partial charge in [0.2, 0.25) is 0 Å². The molecular formula is C13H18N4S. The SMILES string of the molecule is CCCc1nc(N)c(C)c(NCc2cccs2)n1. The average molecular weight is 262 g/mol. The van der Waals surface area contributed by atoms with Crippen molar-refractivity contribution in [1.82, 2.24) is 9.97 Å². The van der Waals surface area contributed by atoms with E-state index in [9.17, 15) is 0 Å². The highest BCUT2D eigenvalue weighted by Crippen LogP contribution is 2.19. The van der Waals surface area contributed by atoms with Crippen LogP contribution in [-0.4, -0.2) is 9.97 Å². The van der Waals surface area contributed by atoms with E-state index in [1.807, 2.05) is 13.0 Å². The van der Waals surface area contributed by atoms with Gasteiger partial charge in [0.1, 0.15) is 17.5 Å². The molecule has 3 N–H and O–H groups in total.